The number of carbonyl (C=O) groups excluding carboxylic acids is 4. The lowest BCUT2D eigenvalue weighted by molar-refractivity contribution is 0.0904. The van der Waals surface area contributed by atoms with Crippen LogP contribution in [0.1, 0.15) is 129 Å². The molecule has 0 radical (unpaired) electrons. The first-order valence-corrected chi connectivity index (χ1v) is 47.6. The Bertz CT molecular complexity index is 7230. The second kappa shape index (κ2) is 41.2. The number of hydrogen-bond donors (Lipinski definition) is 18. The van der Waals surface area contributed by atoms with Crippen molar-refractivity contribution in [3.63, 3.8) is 0 Å². The SMILES string of the molecule is CC(CO)N=C(N)c1c(Nc2ncc(C(=O)N3c4ccccc4CC3O)s2)s[nH]c1=O.CC(CO)N=C(N)c1c(Nc2ncc(C(=O)n3c(O)cc4cc5ccccc5cc43)s2)s[nH]c1=O.CC(CO)N=C(N)c1c(Nc2ncc(C(=O)n3c(O)cc4ccc(Cl)cc43)s2)s[nH]c1=O.Cc1nc(Nc2s[nH]c(=O)c2C(N)=NCCN2CCCC2)sc1C(=O)C1CCc2ccccc21. The molecule has 132 heavy (non-hydrogen) atoms. The molecular formula is C85H85ClN24O14S8. The average molecular weight is 1960 g/mol. The Hall–Kier alpha value is -13.1. The molecule has 5 aromatic carbocycles. The van der Waals surface area contributed by atoms with Gasteiger partial charge < -0.3 is 79.7 Å². The largest absolute Gasteiger partial charge is 0.494 e. The summed E-state index contributed by atoms with van der Waals surface area (Å²) in [5.74, 6) is -1.50. The van der Waals surface area contributed by atoms with E-state index in [0.717, 1.165) is 144 Å². The summed E-state index contributed by atoms with van der Waals surface area (Å²) in [4.78, 5) is 141. The molecule has 1 amide bonds. The maximum atomic E-state index is 13.3. The molecule has 18 rings (SSSR count). The number of anilines is 9. The molecule has 10 aromatic heterocycles. The Morgan fingerprint density at radius 3 is 1.48 bits per heavy atom. The van der Waals surface area contributed by atoms with Crippen molar-refractivity contribution < 1.29 is 49.8 Å². The van der Waals surface area contributed by atoms with Crippen molar-refractivity contribution in [1.82, 2.24) is 51.5 Å². The Kier molecular flexibility index (Phi) is 29.2. The van der Waals surface area contributed by atoms with E-state index < -0.39 is 52.8 Å². The summed E-state index contributed by atoms with van der Waals surface area (Å²) in [6.45, 7) is 9.82. The van der Waals surface area contributed by atoms with E-state index in [9.17, 15) is 58.8 Å². The van der Waals surface area contributed by atoms with Crippen LogP contribution < -0.4 is 71.3 Å². The molecule has 22 N–H and O–H groups in total. The predicted octanol–water partition coefficient (Wildman–Crippen LogP) is 10.9. The minimum atomic E-state index is -0.936. The number of aryl methyl sites for hydroxylation is 2. The Labute approximate surface area is 785 Å². The number of H-pyrrole nitrogens is 4. The number of aromatic amines is 4. The van der Waals surface area contributed by atoms with Crippen LogP contribution in [0.3, 0.4) is 0 Å². The molecule has 38 nitrogen and oxygen atoms in total. The van der Waals surface area contributed by atoms with Gasteiger partial charge in [0.05, 0.1) is 90.4 Å². The number of aliphatic imine (C=N–C) groups is 4. The van der Waals surface area contributed by atoms with E-state index in [0.29, 0.717) is 102 Å². The number of para-hydroxylation sites is 1. The number of ketones is 1. The van der Waals surface area contributed by atoms with Gasteiger partial charge in [0.15, 0.2) is 38.1 Å². The number of nitrogens with one attached hydrogen (secondary N) is 8. The second-order valence-corrected chi connectivity index (χ2v) is 38.1. The van der Waals surface area contributed by atoms with Gasteiger partial charge in [-0.25, -0.2) is 29.1 Å². The third-order valence-corrected chi connectivity index (χ3v) is 28.3. The number of amidine groups is 4. The summed E-state index contributed by atoms with van der Waals surface area (Å²) in [6, 6.07) is 33.7. The lowest BCUT2D eigenvalue weighted by Crippen LogP contribution is -2.37. The van der Waals surface area contributed by atoms with Crippen LogP contribution in [-0.2, 0) is 12.8 Å². The number of rotatable bonds is 26. The topological polar surface area (TPSA) is 591 Å². The molecule has 12 heterocycles. The number of nitrogens with two attached hydrogens (primary N) is 4. The van der Waals surface area contributed by atoms with E-state index in [1.807, 2.05) is 73.7 Å². The van der Waals surface area contributed by atoms with Crippen molar-refractivity contribution >= 4 is 229 Å². The van der Waals surface area contributed by atoms with E-state index in [1.165, 1.54) is 63.9 Å². The minimum Gasteiger partial charge on any atom is -0.494 e. The van der Waals surface area contributed by atoms with E-state index in [1.54, 1.807) is 51.1 Å². The fourth-order valence-corrected chi connectivity index (χ4v) is 21.3. The quantitative estimate of drug-likeness (QED) is 0.0136. The summed E-state index contributed by atoms with van der Waals surface area (Å²) in [6.07, 6.45) is 7.83. The Morgan fingerprint density at radius 2 is 0.970 bits per heavy atom. The maximum absolute atomic E-state index is 13.3. The standard InChI is InChI=1S/C24H28N6O2S2.C23H20N6O4S2.C19H17ClN6O4S2.C19H20N6O4S2/c1-14-20(19(31)17-9-8-15-6-2-3-7-16(15)17)33-24(27-14)28-23-18(22(32)29-34-23)21(25)26-10-13-30-11-4-5-12-30;1-11(10-30)26-19(24)18-20(32)28-35-21(18)27-23-25-9-16(34-23)22(33)29-15-7-13-5-3-2-4-12(13)6-14(15)8-17(29)31;1-8(7-27)23-15(21)14-16(29)25-32-17(14)24-19-22-6-12(31-19)18(30)26-11-5-10(20)3-2-9(11)4-13(26)28;1-9(8-26)22-15(20)14-16(28)24-31-17(14)23-19-21-7-12(30-19)18(29)25-11-5-3-2-4-10(11)6-13(25)27/h2-3,6-7,17H,4-5,8-13H2,1H3,(H2,25,26)(H,27,28)(H,29,32);2-9,11,30-31H,10H2,1H3,(H2,24,26)(H,25,27)(H,28,32);2-6,8,27-28H,7H2,1H3,(H2,21,23)(H,22,24)(H,25,29);2-5,7,9,13,26-27H,6,8H2,1H3,(H2,20,22)(H,21,23)(H,24,28). The van der Waals surface area contributed by atoms with E-state index in [4.69, 9.17) is 44.7 Å². The van der Waals surface area contributed by atoms with Gasteiger partial charge in [-0.1, -0.05) is 130 Å². The number of thiazole rings is 4. The van der Waals surface area contributed by atoms with Gasteiger partial charge in [-0.3, -0.25) is 80.7 Å². The summed E-state index contributed by atoms with van der Waals surface area (Å²) >= 11 is 14.8. The van der Waals surface area contributed by atoms with Crippen molar-refractivity contribution in [3.05, 3.63) is 244 Å². The minimum absolute atomic E-state index is 0.00352. The van der Waals surface area contributed by atoms with Crippen molar-refractivity contribution in [3.8, 4) is 11.8 Å². The highest BCUT2D eigenvalue weighted by Crippen LogP contribution is 2.41. The van der Waals surface area contributed by atoms with Crippen molar-refractivity contribution in [2.75, 3.05) is 72.2 Å². The van der Waals surface area contributed by atoms with Crippen LogP contribution in [0, 0.1) is 6.92 Å². The molecule has 1 aliphatic carbocycles. The van der Waals surface area contributed by atoms with Gasteiger partial charge >= 0.3 is 0 Å². The number of aliphatic hydroxyl groups excluding tert-OH is 4. The number of fused-ring (bicyclic) bond motifs is 5. The van der Waals surface area contributed by atoms with Gasteiger partial charge in [0.2, 0.25) is 0 Å². The van der Waals surface area contributed by atoms with E-state index >= 15 is 0 Å². The number of halogens is 1. The van der Waals surface area contributed by atoms with Crippen LogP contribution in [0.25, 0.3) is 32.6 Å². The zero-order valence-electron chi connectivity index (χ0n) is 70.3. The highest BCUT2D eigenvalue weighted by atomic mass is 35.5. The molecule has 15 aromatic rings. The fraction of sp³-hybridized carbons (Fsp3) is 0.247. The number of aromatic nitrogens is 10. The molecule has 5 unspecified atom stereocenters. The van der Waals surface area contributed by atoms with Gasteiger partial charge in [0.1, 0.15) is 86.5 Å². The Balaban J connectivity index is 0.000000135. The number of nitrogens with zero attached hydrogens (tertiary/aromatic N) is 12. The summed E-state index contributed by atoms with van der Waals surface area (Å²) in [7, 11) is 0. The molecule has 5 atom stereocenters. The van der Waals surface area contributed by atoms with Crippen LogP contribution in [0.5, 0.6) is 11.8 Å². The zero-order chi connectivity index (χ0) is 93.5. The molecule has 684 valence electrons. The van der Waals surface area contributed by atoms with Crippen LogP contribution in [-0.4, -0.2) is 199 Å². The lowest BCUT2D eigenvalue weighted by atomic mass is 9.95. The highest BCUT2D eigenvalue weighted by Gasteiger charge is 2.36. The molecular weight excluding hydrogens is 1870 g/mol. The second-order valence-electron chi connectivity index (χ2n) is 30.3. The normalized spacial score (nSPS) is 15.3. The molecule has 0 spiro atoms. The van der Waals surface area contributed by atoms with Gasteiger partial charge in [-0.2, -0.15) is 0 Å². The average Bonchev–Trinajstić information content (AvgIpc) is 1.61. The number of aromatic hydroxyl groups is 2. The summed E-state index contributed by atoms with van der Waals surface area (Å²) < 4.78 is 12.9. The number of likely N-dealkylation sites (tertiary alicyclic amines) is 1. The molecule has 1 saturated heterocycles. The molecule has 0 saturated carbocycles. The Morgan fingerprint density at radius 1 is 0.530 bits per heavy atom. The number of Topliss-reactive ketones (excluding diaryl/α,β-unsaturated/α-hetero) is 1. The van der Waals surface area contributed by atoms with Crippen LogP contribution in [0.4, 0.5) is 46.2 Å². The third-order valence-electron chi connectivity index (χ3n) is 21.1. The molecule has 1 fully saturated rings. The van der Waals surface area contributed by atoms with Gasteiger partial charge in [-0.05, 0) is 170 Å². The molecule has 47 heteroatoms. The smallest absolute Gasteiger partial charge is 0.276 e. The van der Waals surface area contributed by atoms with Crippen molar-refractivity contribution in [2.45, 2.75) is 90.1 Å². The number of aliphatic hydroxyl groups is 4. The van der Waals surface area contributed by atoms with Crippen molar-refractivity contribution in [2.24, 2.45) is 42.9 Å². The zero-order valence-corrected chi connectivity index (χ0v) is 77.6. The summed E-state index contributed by atoms with van der Waals surface area (Å²) in [5, 5.41) is 78.0. The van der Waals surface area contributed by atoms with E-state index in [-0.39, 0.29) is 105 Å². The maximum Gasteiger partial charge on any atom is 0.276 e. The number of hydrogen-bond acceptors (Lipinski definition) is 35. The van der Waals surface area contributed by atoms with Crippen molar-refractivity contribution in [1.29, 1.82) is 0 Å². The first kappa shape index (κ1) is 93.6. The monoisotopic (exact) mass is 1960 g/mol. The van der Waals surface area contributed by atoms with E-state index in [2.05, 4.69) is 95.7 Å². The van der Waals surface area contributed by atoms with Crippen LogP contribution >= 0.6 is 103 Å². The highest BCUT2D eigenvalue weighted by molar-refractivity contribution is 7.20. The lowest BCUT2D eigenvalue weighted by Gasteiger charge is -2.20. The first-order chi connectivity index (χ1) is 63.5. The van der Waals surface area contributed by atoms with Gasteiger partial charge in [0.25, 0.3) is 40.0 Å². The third kappa shape index (κ3) is 20.6. The molecule has 0 bridgehead atoms. The van der Waals surface area contributed by atoms with Crippen LogP contribution in [0.15, 0.2) is 173 Å². The summed E-state index contributed by atoms with van der Waals surface area (Å²) in [5.41, 5.74) is 29.0. The van der Waals surface area contributed by atoms with Gasteiger partial charge in [0, 0.05) is 46.8 Å². The number of carbonyl (C=O) groups is 4. The predicted molar refractivity (Wildman–Crippen MR) is 523 cm³/mol. The fourth-order valence-electron chi connectivity index (χ4n) is 14.7. The first-order valence-electron chi connectivity index (χ1n) is 40.7. The molecule has 2 aliphatic heterocycles. The molecule has 3 aliphatic rings. The number of benzene rings is 5. The number of amides is 1. The van der Waals surface area contributed by atoms with Gasteiger partial charge in [-0.15, -0.1) is 0 Å². The van der Waals surface area contributed by atoms with Crippen LogP contribution in [0.2, 0.25) is 5.02 Å².